The van der Waals surface area contributed by atoms with Gasteiger partial charge in [-0.1, -0.05) is 24.3 Å². The number of benzene rings is 1. The molecule has 0 aliphatic carbocycles. The molecule has 0 bridgehead atoms. The van der Waals surface area contributed by atoms with Crippen LogP contribution in [0.5, 0.6) is 0 Å². The van der Waals surface area contributed by atoms with Crippen molar-refractivity contribution in [3.8, 4) is 17.2 Å². The van der Waals surface area contributed by atoms with Gasteiger partial charge in [-0.2, -0.15) is 5.26 Å². The van der Waals surface area contributed by atoms with E-state index in [0.29, 0.717) is 67.3 Å². The van der Waals surface area contributed by atoms with Crippen LogP contribution in [0, 0.1) is 24.2 Å². The third-order valence-electron chi connectivity index (χ3n) is 9.80. The molecule has 1 amide bonds. The summed E-state index contributed by atoms with van der Waals surface area (Å²) in [5.41, 5.74) is 7.47. The van der Waals surface area contributed by atoms with Crippen LogP contribution in [-0.4, -0.2) is 84.1 Å². The Morgan fingerprint density at radius 1 is 0.942 bits per heavy atom. The van der Waals surface area contributed by atoms with Crippen LogP contribution in [0.3, 0.4) is 0 Å². The average Bonchev–Trinajstić information content (AvgIpc) is 3.80. The molecule has 12 nitrogen and oxygen atoms in total. The molecule has 0 unspecified atom stereocenters. The maximum atomic E-state index is 13.2. The van der Waals surface area contributed by atoms with E-state index in [-0.39, 0.29) is 17.9 Å². The van der Waals surface area contributed by atoms with E-state index >= 15 is 0 Å². The van der Waals surface area contributed by atoms with Gasteiger partial charge in [0.25, 0.3) is 5.91 Å². The summed E-state index contributed by atoms with van der Waals surface area (Å²) in [6.07, 6.45) is 11.6. The molecule has 12 heteroatoms. The van der Waals surface area contributed by atoms with Crippen molar-refractivity contribution in [3.05, 3.63) is 113 Å². The van der Waals surface area contributed by atoms with Gasteiger partial charge in [0.2, 0.25) is 0 Å². The number of carbonyl (C=O) groups is 2. The predicted molar refractivity (Wildman–Crippen MR) is 197 cm³/mol. The maximum absolute atomic E-state index is 13.2. The highest BCUT2D eigenvalue weighted by molar-refractivity contribution is 6.04. The number of nitrogens with zero attached hydrogens (tertiary/aromatic N) is 7. The molecule has 1 aromatic carbocycles. The second-order valence-electron chi connectivity index (χ2n) is 13.4. The lowest BCUT2D eigenvalue weighted by molar-refractivity contribution is -0.141. The van der Waals surface area contributed by atoms with Gasteiger partial charge in [-0.3, -0.25) is 39.3 Å². The zero-order chi connectivity index (χ0) is 36.2. The van der Waals surface area contributed by atoms with Crippen LogP contribution in [0.1, 0.15) is 57.0 Å². The Kier molecular flexibility index (Phi) is 10.1. The van der Waals surface area contributed by atoms with Gasteiger partial charge in [-0.25, -0.2) is 0 Å². The van der Waals surface area contributed by atoms with E-state index in [0.717, 1.165) is 51.8 Å². The summed E-state index contributed by atoms with van der Waals surface area (Å²) in [6.45, 7) is 5.80. The predicted octanol–water partition coefficient (Wildman–Crippen LogP) is 5.16. The highest BCUT2D eigenvalue weighted by atomic mass is 16.4. The van der Waals surface area contributed by atoms with E-state index < -0.39 is 5.97 Å². The number of anilines is 1. The largest absolute Gasteiger partial charge is 0.481 e. The first-order valence-corrected chi connectivity index (χ1v) is 17.3. The summed E-state index contributed by atoms with van der Waals surface area (Å²) in [4.78, 5) is 47.0. The minimum atomic E-state index is -0.762. The number of carboxylic acids is 1. The van der Waals surface area contributed by atoms with Crippen molar-refractivity contribution in [2.45, 2.75) is 39.0 Å². The Bertz CT molecular complexity index is 2210. The number of aliphatic hydroxyl groups is 1. The number of β-amino-alcohol motifs (C(OH)–C–C–N with tert-alkyl or cyclic N) is 1. The smallest absolute Gasteiger partial charge is 0.307 e. The molecule has 2 fully saturated rings. The van der Waals surface area contributed by atoms with Gasteiger partial charge in [0.15, 0.2) is 0 Å². The Hall–Kier alpha value is -5.87. The van der Waals surface area contributed by atoms with Gasteiger partial charge < -0.3 is 15.5 Å². The lowest BCUT2D eigenvalue weighted by Crippen LogP contribution is -2.23. The number of likely N-dealkylation sites (tertiary alicyclic amines) is 2. The number of pyridine rings is 4. The third kappa shape index (κ3) is 7.57. The molecular weight excluding hydrogens is 656 g/mol. The molecular formula is C40H38N8O4. The highest BCUT2D eigenvalue weighted by Gasteiger charge is 2.28. The SMILES string of the molecule is Cc1c(NC(=O)c2ccc(CN3CC[C@@H](O)C3)cn2)cccc1-c1ccnc(/C=C/c2cnc3c(CN4CC[C@@H](C(=O)O)C4)nccc3c2)c1C#N. The molecule has 2 saturated heterocycles. The minimum absolute atomic E-state index is 0.290. The van der Waals surface area contributed by atoms with Crippen molar-refractivity contribution in [2.24, 2.45) is 5.92 Å². The Morgan fingerprint density at radius 2 is 1.77 bits per heavy atom. The summed E-state index contributed by atoms with van der Waals surface area (Å²) in [5, 5.41) is 33.3. The normalized spacial score (nSPS) is 17.9. The van der Waals surface area contributed by atoms with Gasteiger partial charge >= 0.3 is 5.97 Å². The Morgan fingerprint density at radius 3 is 2.52 bits per heavy atom. The van der Waals surface area contributed by atoms with E-state index in [1.165, 1.54) is 0 Å². The number of carbonyl (C=O) groups excluding carboxylic acids is 1. The molecule has 2 aliphatic rings. The first-order valence-electron chi connectivity index (χ1n) is 17.3. The van der Waals surface area contributed by atoms with Crippen LogP contribution in [0.2, 0.25) is 0 Å². The monoisotopic (exact) mass is 694 g/mol. The second kappa shape index (κ2) is 15.2. The second-order valence-corrected chi connectivity index (χ2v) is 13.4. The number of amides is 1. The van der Waals surface area contributed by atoms with Crippen LogP contribution in [0.15, 0.2) is 73.3 Å². The minimum Gasteiger partial charge on any atom is -0.481 e. The van der Waals surface area contributed by atoms with Crippen LogP contribution < -0.4 is 5.32 Å². The fraction of sp³-hybridized carbons (Fsp3) is 0.275. The first kappa shape index (κ1) is 34.6. The molecule has 262 valence electrons. The Labute approximate surface area is 301 Å². The van der Waals surface area contributed by atoms with Crippen LogP contribution in [0.25, 0.3) is 34.2 Å². The summed E-state index contributed by atoms with van der Waals surface area (Å²) < 4.78 is 0. The van der Waals surface area contributed by atoms with Gasteiger partial charge in [-0.15, -0.1) is 0 Å². The lowest BCUT2D eigenvalue weighted by atomic mass is 9.95. The van der Waals surface area contributed by atoms with Crippen LogP contribution in [0.4, 0.5) is 5.69 Å². The molecule has 0 spiro atoms. The fourth-order valence-corrected chi connectivity index (χ4v) is 6.97. The number of hydrogen-bond acceptors (Lipinski definition) is 10. The molecule has 4 aromatic heterocycles. The maximum Gasteiger partial charge on any atom is 0.307 e. The average molecular weight is 695 g/mol. The van der Waals surface area contributed by atoms with Crippen LogP contribution >= 0.6 is 0 Å². The number of fused-ring (bicyclic) bond motifs is 1. The van der Waals surface area contributed by atoms with Gasteiger partial charge in [-0.05, 0) is 85.0 Å². The molecule has 6 heterocycles. The number of nitriles is 1. The highest BCUT2D eigenvalue weighted by Crippen LogP contribution is 2.32. The van der Waals surface area contributed by atoms with E-state index in [1.54, 1.807) is 43.0 Å². The quantitative estimate of drug-likeness (QED) is 0.177. The number of hydrogen-bond donors (Lipinski definition) is 3. The number of aliphatic carboxylic acids is 1. The lowest BCUT2D eigenvalue weighted by Gasteiger charge is -2.15. The van der Waals surface area contributed by atoms with Crippen molar-refractivity contribution in [3.63, 3.8) is 0 Å². The molecule has 2 atom stereocenters. The Balaban J connectivity index is 1.07. The zero-order valence-corrected chi connectivity index (χ0v) is 28.7. The molecule has 0 saturated carbocycles. The number of rotatable bonds is 10. The summed E-state index contributed by atoms with van der Waals surface area (Å²) in [6, 6.07) is 17.2. The van der Waals surface area contributed by atoms with Crippen molar-refractivity contribution >= 4 is 40.6 Å². The van der Waals surface area contributed by atoms with Crippen LogP contribution in [-0.2, 0) is 17.9 Å². The molecule has 52 heavy (non-hydrogen) atoms. The van der Waals surface area contributed by atoms with E-state index in [4.69, 9.17) is 4.98 Å². The van der Waals surface area contributed by atoms with Gasteiger partial charge in [0.1, 0.15) is 11.8 Å². The molecule has 5 aromatic rings. The first-order chi connectivity index (χ1) is 25.2. The number of aliphatic hydroxyl groups excluding tert-OH is 1. The van der Waals surface area contributed by atoms with E-state index in [2.05, 4.69) is 36.1 Å². The van der Waals surface area contributed by atoms with Gasteiger partial charge in [0, 0.05) is 74.1 Å². The van der Waals surface area contributed by atoms with Crippen molar-refractivity contribution in [1.82, 2.24) is 29.7 Å². The molecule has 2 aliphatic heterocycles. The van der Waals surface area contributed by atoms with Gasteiger partial charge in [0.05, 0.1) is 34.5 Å². The summed E-state index contributed by atoms with van der Waals surface area (Å²) >= 11 is 0. The fourth-order valence-electron chi connectivity index (χ4n) is 6.97. The molecule has 0 radical (unpaired) electrons. The zero-order valence-electron chi connectivity index (χ0n) is 28.7. The number of carboxylic acid groups (broad SMARTS) is 1. The number of aromatic nitrogens is 4. The number of nitrogens with one attached hydrogen (secondary N) is 1. The summed E-state index contributed by atoms with van der Waals surface area (Å²) in [7, 11) is 0. The summed E-state index contributed by atoms with van der Waals surface area (Å²) in [5.74, 6) is -1.45. The standard InChI is InChI=1S/C40H38N8O4/c1-25-31(3-2-4-34(25)46-39(50)36-8-6-27(20-44-36)21-47-16-12-30(49)23-47)32-10-14-42-35(33(32)18-41)7-5-26-17-28-9-13-43-37(38(28)45-19-26)24-48-15-11-29(22-48)40(51)52/h2-10,13-14,17,19-20,29-30,49H,11-12,15-16,21-24H2,1H3,(H,46,50)(H,51,52)/b7-5+/t29-,30-/m1/s1. The van der Waals surface area contributed by atoms with Crippen molar-refractivity contribution < 1.29 is 19.8 Å². The van der Waals surface area contributed by atoms with Crippen molar-refractivity contribution in [2.75, 3.05) is 31.5 Å². The van der Waals surface area contributed by atoms with E-state index in [1.807, 2.05) is 49.4 Å². The third-order valence-corrected chi connectivity index (χ3v) is 9.80. The van der Waals surface area contributed by atoms with E-state index in [9.17, 15) is 25.1 Å². The topological polar surface area (TPSA) is 168 Å². The van der Waals surface area contributed by atoms with Crippen molar-refractivity contribution in [1.29, 1.82) is 5.26 Å². The molecule has 3 N–H and O–H groups in total. The molecule has 7 rings (SSSR count).